The van der Waals surface area contributed by atoms with Crippen molar-refractivity contribution in [3.63, 3.8) is 0 Å². The summed E-state index contributed by atoms with van der Waals surface area (Å²) in [5, 5.41) is 0. The molecule has 0 bridgehead atoms. The number of aromatic nitrogens is 1. The largest absolute Gasteiger partial charge is 0.465 e. The zero-order valence-corrected chi connectivity index (χ0v) is 20.6. The monoisotopic (exact) mass is 510 g/mol. The van der Waals surface area contributed by atoms with E-state index in [1.807, 2.05) is 0 Å². The Balaban J connectivity index is 2.11. The van der Waals surface area contributed by atoms with Crippen molar-refractivity contribution in [3.05, 3.63) is 52.8 Å². The molecule has 0 aliphatic heterocycles. The molecule has 0 N–H and O–H groups in total. The van der Waals surface area contributed by atoms with Crippen molar-refractivity contribution in [3.8, 4) is 0 Å². The van der Waals surface area contributed by atoms with Gasteiger partial charge in [-0.2, -0.15) is 4.99 Å². The molecule has 12 heteroatoms. The third kappa shape index (κ3) is 5.57. The highest BCUT2D eigenvalue weighted by molar-refractivity contribution is 7.91. The van der Waals surface area contributed by atoms with Gasteiger partial charge in [-0.25, -0.2) is 16.8 Å². The van der Waals surface area contributed by atoms with Gasteiger partial charge in [0.1, 0.15) is 6.54 Å². The van der Waals surface area contributed by atoms with E-state index in [1.54, 1.807) is 13.0 Å². The predicted octanol–water partition coefficient (Wildman–Crippen LogP) is 2.20. The van der Waals surface area contributed by atoms with E-state index in [-0.39, 0.29) is 39.1 Å². The molecule has 0 spiro atoms. The van der Waals surface area contributed by atoms with Crippen LogP contribution in [0.3, 0.4) is 0 Å². The SMILES string of the molecule is CCOC(=O)Cn1c(=NC(=O)c2ccc(S(=O)(=O)CC)cc2)sc2cc(S(C)(=O)=O)ccc21. The molecule has 0 saturated heterocycles. The van der Waals surface area contributed by atoms with Crippen molar-refractivity contribution >= 4 is 53.1 Å². The number of hydrogen-bond acceptors (Lipinski definition) is 8. The summed E-state index contributed by atoms with van der Waals surface area (Å²) in [5.41, 5.74) is 0.693. The second-order valence-corrected chi connectivity index (χ2v) is 12.3. The Hall–Kier alpha value is -2.83. The fraction of sp³-hybridized carbons (Fsp3) is 0.286. The summed E-state index contributed by atoms with van der Waals surface area (Å²) >= 11 is 1.06. The summed E-state index contributed by atoms with van der Waals surface area (Å²) in [6.07, 6.45) is 1.09. The first-order chi connectivity index (χ1) is 15.5. The van der Waals surface area contributed by atoms with Crippen molar-refractivity contribution < 1.29 is 31.2 Å². The number of carbonyl (C=O) groups excluding carboxylic acids is 2. The Morgan fingerprint density at radius 2 is 1.64 bits per heavy atom. The molecular weight excluding hydrogens is 488 g/mol. The van der Waals surface area contributed by atoms with Crippen LogP contribution in [0, 0.1) is 0 Å². The lowest BCUT2D eigenvalue weighted by molar-refractivity contribution is -0.143. The van der Waals surface area contributed by atoms with Gasteiger partial charge >= 0.3 is 5.97 Å². The van der Waals surface area contributed by atoms with Crippen molar-refractivity contribution in [2.24, 2.45) is 4.99 Å². The van der Waals surface area contributed by atoms with Gasteiger partial charge < -0.3 is 9.30 Å². The number of ether oxygens (including phenoxy) is 1. The van der Waals surface area contributed by atoms with Crippen LogP contribution in [0.25, 0.3) is 10.2 Å². The van der Waals surface area contributed by atoms with E-state index in [1.165, 1.54) is 47.9 Å². The normalized spacial score (nSPS) is 12.8. The Morgan fingerprint density at radius 3 is 2.21 bits per heavy atom. The number of hydrogen-bond donors (Lipinski definition) is 0. The Labute approximate surface area is 195 Å². The molecule has 1 amide bonds. The van der Waals surface area contributed by atoms with E-state index < -0.39 is 31.6 Å². The topological polar surface area (TPSA) is 129 Å². The molecule has 1 aromatic heterocycles. The summed E-state index contributed by atoms with van der Waals surface area (Å²) in [6.45, 7) is 3.16. The molecule has 0 aliphatic carbocycles. The van der Waals surface area contributed by atoms with Gasteiger partial charge in [0.2, 0.25) is 0 Å². The number of nitrogens with zero attached hydrogens (tertiary/aromatic N) is 2. The first-order valence-corrected chi connectivity index (χ1v) is 14.2. The lowest BCUT2D eigenvalue weighted by Gasteiger charge is -2.06. The molecule has 0 atom stereocenters. The first kappa shape index (κ1) is 24.8. The highest BCUT2D eigenvalue weighted by Gasteiger charge is 2.16. The second kappa shape index (κ2) is 9.57. The Bertz CT molecular complexity index is 1500. The van der Waals surface area contributed by atoms with Crippen LogP contribution in [0.4, 0.5) is 0 Å². The fourth-order valence-electron chi connectivity index (χ4n) is 2.98. The van der Waals surface area contributed by atoms with Gasteiger partial charge in [0, 0.05) is 11.8 Å². The summed E-state index contributed by atoms with van der Waals surface area (Å²) in [5.74, 6) is -1.23. The van der Waals surface area contributed by atoms with Crippen LogP contribution in [-0.2, 0) is 35.8 Å². The highest BCUT2D eigenvalue weighted by atomic mass is 32.2. The van der Waals surface area contributed by atoms with Crippen LogP contribution < -0.4 is 4.80 Å². The summed E-state index contributed by atoms with van der Waals surface area (Å²) in [7, 11) is -6.86. The van der Waals surface area contributed by atoms with Gasteiger partial charge in [-0.3, -0.25) is 9.59 Å². The zero-order chi connectivity index (χ0) is 24.4. The molecule has 0 unspecified atom stereocenters. The van der Waals surface area contributed by atoms with Gasteiger partial charge in [-0.1, -0.05) is 18.3 Å². The number of amides is 1. The van der Waals surface area contributed by atoms with Crippen molar-refractivity contribution in [2.45, 2.75) is 30.2 Å². The van der Waals surface area contributed by atoms with E-state index in [0.717, 1.165) is 17.6 Å². The van der Waals surface area contributed by atoms with Crippen molar-refractivity contribution in [1.29, 1.82) is 0 Å². The third-order valence-corrected chi connectivity index (χ3v) is 8.61. The minimum Gasteiger partial charge on any atom is -0.465 e. The minimum absolute atomic E-state index is 0.0597. The molecular formula is C21H22N2O7S3. The maximum Gasteiger partial charge on any atom is 0.326 e. The molecule has 2 aromatic carbocycles. The lowest BCUT2D eigenvalue weighted by atomic mass is 10.2. The highest BCUT2D eigenvalue weighted by Crippen LogP contribution is 2.22. The van der Waals surface area contributed by atoms with Crippen LogP contribution >= 0.6 is 11.3 Å². The first-order valence-electron chi connectivity index (χ1n) is 9.87. The zero-order valence-electron chi connectivity index (χ0n) is 18.1. The third-order valence-electron chi connectivity index (χ3n) is 4.71. The smallest absolute Gasteiger partial charge is 0.326 e. The van der Waals surface area contributed by atoms with Gasteiger partial charge in [0.05, 0.1) is 32.4 Å². The molecule has 1 heterocycles. The van der Waals surface area contributed by atoms with E-state index in [0.29, 0.717) is 10.2 Å². The van der Waals surface area contributed by atoms with Crippen LogP contribution in [0.5, 0.6) is 0 Å². The van der Waals surface area contributed by atoms with Gasteiger partial charge in [0.15, 0.2) is 24.5 Å². The maximum atomic E-state index is 12.8. The summed E-state index contributed by atoms with van der Waals surface area (Å²) < 4.78 is 54.8. The molecule has 0 radical (unpaired) electrons. The van der Waals surface area contributed by atoms with Gasteiger partial charge in [-0.15, -0.1) is 0 Å². The standard InChI is InChI=1S/C21H22N2O7S3/c1-4-30-19(24)13-23-17-11-10-16(32(3,26)27)12-18(17)31-21(23)22-20(25)14-6-8-15(9-7-14)33(28,29)5-2/h6-12H,4-5,13H2,1-3H3. The molecule has 3 aromatic rings. The predicted molar refractivity (Wildman–Crippen MR) is 124 cm³/mol. The Morgan fingerprint density at radius 1 is 1.00 bits per heavy atom. The molecule has 3 rings (SSSR count). The van der Waals surface area contributed by atoms with Crippen LogP contribution in [0.2, 0.25) is 0 Å². The van der Waals surface area contributed by atoms with Crippen LogP contribution in [0.1, 0.15) is 24.2 Å². The summed E-state index contributed by atoms with van der Waals surface area (Å²) in [6, 6.07) is 9.87. The van der Waals surface area contributed by atoms with E-state index in [4.69, 9.17) is 4.74 Å². The number of thiazole rings is 1. The molecule has 0 saturated carbocycles. The van der Waals surface area contributed by atoms with Crippen LogP contribution in [0.15, 0.2) is 57.2 Å². The summed E-state index contributed by atoms with van der Waals surface area (Å²) in [4.78, 5) is 29.4. The number of carbonyl (C=O) groups is 2. The molecule has 176 valence electrons. The second-order valence-electron chi connectivity index (χ2n) is 7.02. The number of fused-ring (bicyclic) bond motifs is 1. The quantitative estimate of drug-likeness (QED) is 0.446. The average Bonchev–Trinajstić information content (AvgIpc) is 3.09. The molecule has 9 nitrogen and oxygen atoms in total. The fourth-order valence-corrected chi connectivity index (χ4v) is 5.65. The number of rotatable bonds is 7. The Kier molecular flexibility index (Phi) is 7.20. The minimum atomic E-state index is -3.45. The average molecular weight is 511 g/mol. The van der Waals surface area contributed by atoms with Crippen molar-refractivity contribution in [1.82, 2.24) is 4.57 Å². The van der Waals surface area contributed by atoms with E-state index in [9.17, 15) is 26.4 Å². The molecule has 0 fully saturated rings. The van der Waals surface area contributed by atoms with Crippen molar-refractivity contribution in [2.75, 3.05) is 18.6 Å². The maximum absolute atomic E-state index is 12.8. The number of esters is 1. The van der Waals surface area contributed by atoms with E-state index >= 15 is 0 Å². The molecule has 33 heavy (non-hydrogen) atoms. The number of benzene rings is 2. The van der Waals surface area contributed by atoms with Gasteiger partial charge in [0.25, 0.3) is 5.91 Å². The number of sulfone groups is 2. The van der Waals surface area contributed by atoms with E-state index in [2.05, 4.69) is 4.99 Å². The molecule has 0 aliphatic rings. The van der Waals surface area contributed by atoms with Crippen LogP contribution in [-0.4, -0.2) is 51.9 Å². The lowest BCUT2D eigenvalue weighted by Crippen LogP contribution is -2.23. The van der Waals surface area contributed by atoms with Gasteiger partial charge in [-0.05, 0) is 49.4 Å².